The number of rotatable bonds is 1. The number of nitrogens with two attached hydrogens (primary N) is 1. The van der Waals surface area contributed by atoms with Crippen molar-refractivity contribution in [2.45, 2.75) is 0 Å². The minimum Gasteiger partial charge on any atom is -0.465 e. The van der Waals surface area contributed by atoms with Crippen molar-refractivity contribution >= 4 is 11.8 Å². The van der Waals surface area contributed by atoms with E-state index in [0.29, 0.717) is 0 Å². The number of carbonyl (C=O) groups is 1. The molecule has 13 heavy (non-hydrogen) atoms. The van der Waals surface area contributed by atoms with Crippen LogP contribution in [0.25, 0.3) is 0 Å². The molecule has 1 rings (SSSR count). The summed E-state index contributed by atoms with van der Waals surface area (Å²) in [4.78, 5) is 14.7. The van der Waals surface area contributed by atoms with Crippen LogP contribution in [0, 0.1) is 11.3 Å². The molecule has 1 heterocycles. The Labute approximate surface area is 74.8 Å². The minimum atomic E-state index is -0.536. The first-order valence-corrected chi connectivity index (χ1v) is 3.43. The van der Waals surface area contributed by atoms with Gasteiger partial charge in [0.25, 0.3) is 0 Å². The molecule has 0 radical (unpaired) electrons. The van der Waals surface area contributed by atoms with Crippen LogP contribution >= 0.6 is 0 Å². The molecule has 0 aliphatic rings. The van der Waals surface area contributed by atoms with E-state index in [1.807, 2.05) is 0 Å². The van der Waals surface area contributed by atoms with Crippen molar-refractivity contribution in [3.63, 3.8) is 0 Å². The number of anilines is 1. The second-order valence-electron chi connectivity index (χ2n) is 2.27. The highest BCUT2D eigenvalue weighted by Crippen LogP contribution is 2.07. The highest BCUT2D eigenvalue weighted by atomic mass is 16.5. The SMILES string of the molecule is COC(=O)c1cc(N)nc(C#N)c1. The number of hydrogen-bond donors (Lipinski definition) is 1. The predicted octanol–water partition coefficient (Wildman–Crippen LogP) is 0.322. The molecule has 0 saturated heterocycles. The van der Waals surface area contributed by atoms with Crippen molar-refractivity contribution < 1.29 is 9.53 Å². The molecule has 0 spiro atoms. The summed E-state index contributed by atoms with van der Waals surface area (Å²) in [6, 6.07) is 4.46. The fourth-order valence-corrected chi connectivity index (χ4v) is 0.845. The summed E-state index contributed by atoms with van der Waals surface area (Å²) in [5, 5.41) is 8.52. The highest BCUT2D eigenvalue weighted by molar-refractivity contribution is 5.90. The van der Waals surface area contributed by atoms with Crippen LogP contribution in [0.3, 0.4) is 0 Å². The van der Waals surface area contributed by atoms with Gasteiger partial charge in [-0.3, -0.25) is 0 Å². The lowest BCUT2D eigenvalue weighted by atomic mass is 10.2. The van der Waals surface area contributed by atoms with Crippen LogP contribution < -0.4 is 5.73 Å². The number of nitrogens with zero attached hydrogens (tertiary/aromatic N) is 2. The molecule has 0 unspecified atom stereocenters. The van der Waals surface area contributed by atoms with Crippen molar-refractivity contribution in [3.8, 4) is 6.07 Å². The molecule has 5 nitrogen and oxygen atoms in total. The number of aromatic nitrogens is 1. The van der Waals surface area contributed by atoms with Crippen molar-refractivity contribution in [3.05, 3.63) is 23.4 Å². The second-order valence-corrected chi connectivity index (χ2v) is 2.27. The van der Waals surface area contributed by atoms with Gasteiger partial charge in [-0.2, -0.15) is 5.26 Å². The maximum Gasteiger partial charge on any atom is 0.338 e. The molecule has 0 aliphatic carbocycles. The molecule has 0 amide bonds. The number of carbonyl (C=O) groups excluding carboxylic acids is 1. The molecule has 0 saturated carbocycles. The lowest BCUT2D eigenvalue weighted by Crippen LogP contribution is -2.04. The summed E-state index contributed by atoms with van der Waals surface area (Å²) in [6.45, 7) is 0. The Morgan fingerprint density at radius 3 is 2.92 bits per heavy atom. The van der Waals surface area contributed by atoms with E-state index >= 15 is 0 Å². The van der Waals surface area contributed by atoms with Crippen molar-refractivity contribution in [1.29, 1.82) is 5.26 Å². The average Bonchev–Trinajstić information content (AvgIpc) is 2.15. The van der Waals surface area contributed by atoms with Gasteiger partial charge < -0.3 is 10.5 Å². The van der Waals surface area contributed by atoms with Crippen LogP contribution in [-0.4, -0.2) is 18.1 Å². The molecule has 1 aromatic heterocycles. The molecule has 66 valence electrons. The average molecular weight is 177 g/mol. The van der Waals surface area contributed by atoms with E-state index in [1.165, 1.54) is 19.2 Å². The molecular formula is C8H7N3O2. The zero-order valence-corrected chi connectivity index (χ0v) is 6.94. The number of pyridine rings is 1. The van der Waals surface area contributed by atoms with Gasteiger partial charge in [0, 0.05) is 0 Å². The molecule has 0 aliphatic heterocycles. The number of hydrogen-bond acceptors (Lipinski definition) is 5. The zero-order valence-electron chi connectivity index (χ0n) is 6.94. The normalized spacial score (nSPS) is 8.92. The molecule has 0 aromatic carbocycles. The number of nitriles is 1. The van der Waals surface area contributed by atoms with Gasteiger partial charge >= 0.3 is 5.97 Å². The van der Waals surface area contributed by atoms with Crippen LogP contribution in [0.1, 0.15) is 16.1 Å². The Bertz CT molecular complexity index is 381. The maximum atomic E-state index is 11.0. The van der Waals surface area contributed by atoms with Crippen LogP contribution in [-0.2, 0) is 4.74 Å². The van der Waals surface area contributed by atoms with Crippen LogP contribution in [0.15, 0.2) is 12.1 Å². The molecule has 1 aromatic rings. The van der Waals surface area contributed by atoms with Gasteiger partial charge in [-0.1, -0.05) is 0 Å². The summed E-state index contributed by atoms with van der Waals surface area (Å²) < 4.78 is 4.46. The van der Waals surface area contributed by atoms with Gasteiger partial charge in [0.05, 0.1) is 12.7 Å². The Kier molecular flexibility index (Phi) is 2.45. The minimum absolute atomic E-state index is 0.0976. The summed E-state index contributed by atoms with van der Waals surface area (Å²) in [6.07, 6.45) is 0. The molecular weight excluding hydrogens is 170 g/mol. The number of esters is 1. The first kappa shape index (κ1) is 9.00. The zero-order chi connectivity index (χ0) is 9.84. The number of ether oxygens (including phenoxy) is 1. The predicted molar refractivity (Wildman–Crippen MR) is 44.7 cm³/mol. The van der Waals surface area contributed by atoms with Crippen molar-refractivity contribution in [2.24, 2.45) is 0 Å². The van der Waals surface area contributed by atoms with E-state index in [1.54, 1.807) is 6.07 Å². The molecule has 0 fully saturated rings. The van der Waals surface area contributed by atoms with Crippen LogP contribution in [0.2, 0.25) is 0 Å². The van der Waals surface area contributed by atoms with E-state index in [0.717, 1.165) is 0 Å². The third-order valence-electron chi connectivity index (χ3n) is 1.38. The van der Waals surface area contributed by atoms with Crippen molar-refractivity contribution in [1.82, 2.24) is 4.98 Å². The molecule has 0 atom stereocenters. The van der Waals surface area contributed by atoms with E-state index in [9.17, 15) is 4.79 Å². The summed E-state index contributed by atoms with van der Waals surface area (Å²) in [5.41, 5.74) is 5.68. The number of methoxy groups -OCH3 is 1. The largest absolute Gasteiger partial charge is 0.465 e. The van der Waals surface area contributed by atoms with E-state index in [-0.39, 0.29) is 17.1 Å². The van der Waals surface area contributed by atoms with Gasteiger partial charge in [-0.25, -0.2) is 9.78 Å². The lowest BCUT2D eigenvalue weighted by Gasteiger charge is -1.99. The molecule has 0 bridgehead atoms. The smallest absolute Gasteiger partial charge is 0.338 e. The number of nitrogen functional groups attached to an aromatic ring is 1. The summed E-state index contributed by atoms with van der Waals surface area (Å²) in [5.74, 6) is -0.412. The topological polar surface area (TPSA) is 89.0 Å². The van der Waals surface area contributed by atoms with Gasteiger partial charge in [-0.05, 0) is 12.1 Å². The first-order valence-electron chi connectivity index (χ1n) is 3.43. The van der Waals surface area contributed by atoms with E-state index in [2.05, 4.69) is 9.72 Å². The summed E-state index contributed by atoms with van der Waals surface area (Å²) >= 11 is 0. The van der Waals surface area contributed by atoms with Gasteiger partial charge in [0.15, 0.2) is 0 Å². The van der Waals surface area contributed by atoms with E-state index < -0.39 is 5.97 Å². The molecule has 5 heteroatoms. The first-order chi connectivity index (χ1) is 6.17. The fourth-order valence-electron chi connectivity index (χ4n) is 0.845. The lowest BCUT2D eigenvalue weighted by molar-refractivity contribution is 0.0600. The third kappa shape index (κ3) is 1.93. The van der Waals surface area contributed by atoms with Crippen LogP contribution in [0.4, 0.5) is 5.82 Å². The monoisotopic (exact) mass is 177 g/mol. The standard InChI is InChI=1S/C8H7N3O2/c1-13-8(12)5-2-6(4-9)11-7(10)3-5/h2-3H,1H3,(H2,10,11). The summed E-state index contributed by atoms with van der Waals surface area (Å²) in [7, 11) is 1.25. The van der Waals surface area contributed by atoms with E-state index in [4.69, 9.17) is 11.0 Å². The van der Waals surface area contributed by atoms with Gasteiger partial charge in [-0.15, -0.1) is 0 Å². The van der Waals surface area contributed by atoms with Crippen LogP contribution in [0.5, 0.6) is 0 Å². The maximum absolute atomic E-state index is 11.0. The Morgan fingerprint density at radius 1 is 1.69 bits per heavy atom. The van der Waals surface area contributed by atoms with Gasteiger partial charge in [0.1, 0.15) is 17.6 Å². The highest BCUT2D eigenvalue weighted by Gasteiger charge is 2.07. The Balaban J connectivity index is 3.17. The Hall–Kier alpha value is -2.09. The Morgan fingerprint density at radius 2 is 2.38 bits per heavy atom. The van der Waals surface area contributed by atoms with Crippen molar-refractivity contribution in [2.75, 3.05) is 12.8 Å². The second kappa shape index (κ2) is 3.54. The molecule has 2 N–H and O–H groups in total. The van der Waals surface area contributed by atoms with Gasteiger partial charge in [0.2, 0.25) is 0 Å². The quantitative estimate of drug-likeness (QED) is 0.624. The third-order valence-corrected chi connectivity index (χ3v) is 1.38. The fraction of sp³-hybridized carbons (Fsp3) is 0.125.